The zero-order valence-corrected chi connectivity index (χ0v) is 21.6. The molecule has 4 aromatic rings. The Kier molecular flexibility index (Phi) is 6.78. The van der Waals surface area contributed by atoms with Crippen molar-refractivity contribution in [2.24, 2.45) is 7.05 Å². The second kappa shape index (κ2) is 10.2. The molecule has 1 aliphatic rings. The lowest BCUT2D eigenvalue weighted by Gasteiger charge is -2.41. The molecule has 1 unspecified atom stereocenters. The van der Waals surface area contributed by atoms with E-state index in [1.807, 2.05) is 67.2 Å². The van der Waals surface area contributed by atoms with Crippen LogP contribution < -0.4 is 4.90 Å². The van der Waals surface area contributed by atoms with Gasteiger partial charge in [0.2, 0.25) is 0 Å². The molecule has 0 aliphatic carbocycles. The quantitative estimate of drug-likeness (QED) is 0.374. The minimum Gasteiger partial charge on any atom is -0.364 e. The lowest BCUT2D eigenvalue weighted by Crippen LogP contribution is -2.50. The number of nitriles is 1. The van der Waals surface area contributed by atoms with Gasteiger partial charge in [-0.3, -0.25) is 0 Å². The molecule has 0 N–H and O–H groups in total. The first-order valence-electron chi connectivity index (χ1n) is 12.1. The Balaban J connectivity index is 1.59. The van der Waals surface area contributed by atoms with Crippen molar-refractivity contribution in [3.05, 3.63) is 107 Å². The van der Waals surface area contributed by atoms with Gasteiger partial charge in [-0.2, -0.15) is 9.57 Å². The van der Waals surface area contributed by atoms with E-state index in [4.69, 9.17) is 0 Å². The fourth-order valence-corrected chi connectivity index (χ4v) is 6.39. The second-order valence-corrected chi connectivity index (χ2v) is 11.2. The maximum absolute atomic E-state index is 14.0. The number of benzene rings is 2. The monoisotopic (exact) mass is 512 g/mol. The zero-order chi connectivity index (χ0) is 26.0. The molecule has 8 nitrogen and oxygen atoms in total. The molecule has 0 fully saturated rings. The molecule has 1 atom stereocenters. The van der Waals surface area contributed by atoms with Gasteiger partial charge in [-0.25, -0.2) is 18.4 Å². The highest BCUT2D eigenvalue weighted by Gasteiger charge is 2.37. The SMILES string of the molecule is Cc1ccccc1CN(C1Cc2cc(C#N)ccc2N(Cc2cncn2C)C1)S(=O)(=O)c1ccccn1. The van der Waals surface area contributed by atoms with Crippen LogP contribution in [0.4, 0.5) is 5.69 Å². The summed E-state index contributed by atoms with van der Waals surface area (Å²) in [5.41, 5.74) is 5.48. The van der Waals surface area contributed by atoms with Crippen LogP contribution in [0.5, 0.6) is 0 Å². The van der Waals surface area contributed by atoms with Crippen LogP contribution in [0, 0.1) is 18.3 Å². The number of aryl methyl sites for hydroxylation is 2. The van der Waals surface area contributed by atoms with Gasteiger partial charge < -0.3 is 9.47 Å². The fraction of sp³-hybridized carbons (Fsp3) is 0.250. The largest absolute Gasteiger partial charge is 0.364 e. The molecule has 1 aliphatic heterocycles. The average Bonchev–Trinajstić information content (AvgIpc) is 3.32. The maximum atomic E-state index is 14.0. The number of rotatable bonds is 7. The first-order valence-corrected chi connectivity index (χ1v) is 13.5. The van der Waals surface area contributed by atoms with Gasteiger partial charge in [0.1, 0.15) is 0 Å². The molecule has 0 bridgehead atoms. The Morgan fingerprint density at radius 1 is 1.14 bits per heavy atom. The minimum atomic E-state index is -3.91. The Morgan fingerprint density at radius 2 is 1.95 bits per heavy atom. The fourth-order valence-electron chi connectivity index (χ4n) is 4.86. The van der Waals surface area contributed by atoms with E-state index >= 15 is 0 Å². The lowest BCUT2D eigenvalue weighted by atomic mass is 9.95. The number of fused-ring (bicyclic) bond motifs is 1. The van der Waals surface area contributed by atoms with Crippen LogP contribution in [0.2, 0.25) is 0 Å². The number of hydrogen-bond donors (Lipinski definition) is 0. The third-order valence-electron chi connectivity index (χ3n) is 6.91. The summed E-state index contributed by atoms with van der Waals surface area (Å²) in [6.07, 6.45) is 5.57. The van der Waals surface area contributed by atoms with Gasteiger partial charge in [0.25, 0.3) is 10.0 Å². The van der Waals surface area contributed by atoms with Crippen molar-refractivity contribution in [3.63, 3.8) is 0 Å². The standard InChI is InChI=1S/C28H28N6O2S/c1-21-7-3-4-8-23(21)17-34(37(35,36)28-9-5-6-12-31-28)25-14-24-13-22(15-29)10-11-27(24)33(18-25)19-26-16-30-20-32(26)2/h3-13,16,20,25H,14,17-19H2,1-2H3. The van der Waals surface area contributed by atoms with Crippen molar-refractivity contribution < 1.29 is 8.42 Å². The van der Waals surface area contributed by atoms with Gasteiger partial charge in [0, 0.05) is 44.3 Å². The first-order chi connectivity index (χ1) is 17.9. The number of aromatic nitrogens is 3. The van der Waals surface area contributed by atoms with Gasteiger partial charge in [0.05, 0.1) is 30.2 Å². The van der Waals surface area contributed by atoms with Crippen LogP contribution in [0.15, 0.2) is 84.4 Å². The first kappa shape index (κ1) is 24.7. The van der Waals surface area contributed by atoms with Crippen LogP contribution >= 0.6 is 0 Å². The molecule has 0 amide bonds. The third kappa shape index (κ3) is 4.99. The molecular formula is C28H28N6O2S. The van der Waals surface area contributed by atoms with Crippen molar-refractivity contribution >= 4 is 15.7 Å². The molecule has 188 valence electrons. The number of sulfonamides is 1. The highest BCUT2D eigenvalue weighted by molar-refractivity contribution is 7.89. The van der Waals surface area contributed by atoms with Gasteiger partial charge in [-0.1, -0.05) is 30.3 Å². The molecule has 0 radical (unpaired) electrons. The third-order valence-corrected chi connectivity index (χ3v) is 8.73. The van der Waals surface area contributed by atoms with E-state index in [0.29, 0.717) is 25.1 Å². The Bertz CT molecular complexity index is 1560. The Morgan fingerprint density at radius 3 is 2.65 bits per heavy atom. The van der Waals surface area contributed by atoms with Crippen LogP contribution in [-0.4, -0.2) is 39.8 Å². The van der Waals surface area contributed by atoms with Crippen molar-refractivity contribution in [1.82, 2.24) is 18.8 Å². The van der Waals surface area contributed by atoms with Crippen molar-refractivity contribution in [2.75, 3.05) is 11.4 Å². The predicted octanol–water partition coefficient (Wildman–Crippen LogP) is 3.82. The van der Waals surface area contributed by atoms with Crippen molar-refractivity contribution in [2.45, 2.75) is 37.5 Å². The zero-order valence-electron chi connectivity index (χ0n) is 20.8. The van der Waals surface area contributed by atoms with Crippen LogP contribution in [0.1, 0.15) is 27.9 Å². The molecule has 2 aromatic carbocycles. The van der Waals surface area contributed by atoms with E-state index in [9.17, 15) is 13.7 Å². The molecule has 0 spiro atoms. The minimum absolute atomic E-state index is 0.0262. The Labute approximate surface area is 217 Å². The van der Waals surface area contributed by atoms with E-state index in [1.54, 1.807) is 22.8 Å². The summed E-state index contributed by atoms with van der Waals surface area (Å²) in [7, 11) is -1.97. The van der Waals surface area contributed by atoms with Crippen LogP contribution in [-0.2, 0) is 36.6 Å². The van der Waals surface area contributed by atoms with E-state index in [2.05, 4.69) is 20.9 Å². The van der Waals surface area contributed by atoms with E-state index < -0.39 is 10.0 Å². The van der Waals surface area contributed by atoms with E-state index in [-0.39, 0.29) is 17.6 Å². The number of imidazole rings is 1. The molecular weight excluding hydrogens is 484 g/mol. The molecule has 0 saturated carbocycles. The van der Waals surface area contributed by atoms with Crippen molar-refractivity contribution in [1.29, 1.82) is 5.26 Å². The van der Waals surface area contributed by atoms with Gasteiger partial charge in [-0.15, -0.1) is 0 Å². The molecule has 5 rings (SSSR count). The van der Waals surface area contributed by atoms with Gasteiger partial charge in [-0.05, 0) is 60.4 Å². The summed E-state index contributed by atoms with van der Waals surface area (Å²) in [6, 6.07) is 20.3. The van der Waals surface area contributed by atoms with E-state index in [1.165, 1.54) is 12.3 Å². The van der Waals surface area contributed by atoms with Gasteiger partial charge in [0.15, 0.2) is 5.03 Å². The Hall–Kier alpha value is -4.00. The summed E-state index contributed by atoms with van der Waals surface area (Å²) < 4.78 is 31.6. The summed E-state index contributed by atoms with van der Waals surface area (Å²) in [4.78, 5) is 10.6. The maximum Gasteiger partial charge on any atom is 0.261 e. The number of nitrogens with zero attached hydrogens (tertiary/aromatic N) is 6. The normalized spacial score (nSPS) is 15.4. The second-order valence-electron chi connectivity index (χ2n) is 9.33. The molecule has 0 saturated heterocycles. The number of anilines is 1. The highest BCUT2D eigenvalue weighted by atomic mass is 32.2. The van der Waals surface area contributed by atoms with E-state index in [0.717, 1.165) is 28.1 Å². The van der Waals surface area contributed by atoms with Gasteiger partial charge >= 0.3 is 0 Å². The topological polar surface area (TPSA) is 95.1 Å². The summed E-state index contributed by atoms with van der Waals surface area (Å²) in [5, 5.41) is 9.56. The molecule has 2 aromatic heterocycles. The number of pyridine rings is 1. The summed E-state index contributed by atoms with van der Waals surface area (Å²) >= 11 is 0. The molecule has 37 heavy (non-hydrogen) atoms. The smallest absolute Gasteiger partial charge is 0.261 e. The lowest BCUT2D eigenvalue weighted by molar-refractivity contribution is 0.301. The van der Waals surface area contributed by atoms with Crippen LogP contribution in [0.25, 0.3) is 0 Å². The number of hydrogen-bond acceptors (Lipinski definition) is 6. The van der Waals surface area contributed by atoms with Crippen molar-refractivity contribution in [3.8, 4) is 6.07 Å². The summed E-state index contributed by atoms with van der Waals surface area (Å²) in [6.45, 7) is 3.27. The van der Waals surface area contributed by atoms with Crippen LogP contribution in [0.3, 0.4) is 0 Å². The highest BCUT2D eigenvalue weighted by Crippen LogP contribution is 2.34. The average molecular weight is 513 g/mol. The summed E-state index contributed by atoms with van der Waals surface area (Å²) in [5.74, 6) is 0. The molecule has 3 heterocycles. The predicted molar refractivity (Wildman–Crippen MR) is 141 cm³/mol. The molecule has 9 heteroatoms.